The Bertz CT molecular complexity index is 845. The molecule has 2 aromatic rings. The molecule has 0 aliphatic carbocycles. The lowest BCUT2D eigenvalue weighted by atomic mass is 10.1. The Morgan fingerprint density at radius 2 is 1.50 bits per heavy atom. The zero-order valence-corrected chi connectivity index (χ0v) is 17.0. The van der Waals surface area contributed by atoms with Crippen molar-refractivity contribution in [1.29, 1.82) is 0 Å². The Morgan fingerprint density at radius 1 is 0.833 bits per heavy atom. The van der Waals surface area contributed by atoms with E-state index in [0.29, 0.717) is 12.1 Å². The summed E-state index contributed by atoms with van der Waals surface area (Å²) in [5, 5.41) is 8.04. The molecule has 160 valence electrons. The van der Waals surface area contributed by atoms with Crippen molar-refractivity contribution in [1.82, 2.24) is 20.9 Å². The quantitative estimate of drug-likeness (QED) is 0.518. The number of carbonyl (C=O) groups excluding carboxylic acids is 3. The maximum absolute atomic E-state index is 13.1. The normalized spacial score (nSPS) is 10.2. The van der Waals surface area contributed by atoms with E-state index in [4.69, 9.17) is 0 Å². The monoisotopic (exact) mass is 414 g/mol. The van der Waals surface area contributed by atoms with E-state index in [1.54, 1.807) is 24.1 Å². The Labute approximate surface area is 175 Å². The second-order valence-electron chi connectivity index (χ2n) is 6.83. The lowest BCUT2D eigenvalue weighted by Crippen LogP contribution is -2.40. The summed E-state index contributed by atoms with van der Waals surface area (Å²) in [7, 11) is 1.69. The first-order valence-corrected chi connectivity index (χ1v) is 9.75. The summed E-state index contributed by atoms with van der Waals surface area (Å²) in [6, 6.07) is 15.2. The molecule has 2 aromatic carbocycles. The molecule has 3 N–H and O–H groups in total. The first-order valence-electron chi connectivity index (χ1n) is 9.75. The number of rotatable bonds is 10. The molecule has 0 bridgehead atoms. The van der Waals surface area contributed by atoms with Gasteiger partial charge in [0.15, 0.2) is 0 Å². The Balaban J connectivity index is 1.54. The van der Waals surface area contributed by atoms with Crippen molar-refractivity contribution in [2.24, 2.45) is 0 Å². The van der Waals surface area contributed by atoms with Crippen LogP contribution in [0.1, 0.15) is 17.5 Å². The third-order valence-electron chi connectivity index (χ3n) is 4.26. The van der Waals surface area contributed by atoms with Crippen LogP contribution in [0.15, 0.2) is 54.6 Å². The molecule has 30 heavy (non-hydrogen) atoms. The SMILES string of the molecule is CN(Cc1ccccc1)C(=O)NCCC(=O)NCCNC(=O)Cc1cccc(F)c1. The van der Waals surface area contributed by atoms with Crippen molar-refractivity contribution >= 4 is 17.8 Å². The first kappa shape index (κ1) is 22.9. The maximum atomic E-state index is 13.1. The zero-order chi connectivity index (χ0) is 21.8. The molecule has 0 aromatic heterocycles. The maximum Gasteiger partial charge on any atom is 0.317 e. The van der Waals surface area contributed by atoms with Gasteiger partial charge in [0.1, 0.15) is 5.82 Å². The minimum Gasteiger partial charge on any atom is -0.354 e. The number of amides is 4. The average molecular weight is 414 g/mol. The summed E-state index contributed by atoms with van der Waals surface area (Å²) in [6.45, 7) is 1.24. The minimum absolute atomic E-state index is 0.0776. The average Bonchev–Trinajstić information content (AvgIpc) is 2.72. The molecule has 0 atom stereocenters. The van der Waals surface area contributed by atoms with Gasteiger partial charge >= 0.3 is 6.03 Å². The Hall–Kier alpha value is -3.42. The molecule has 4 amide bonds. The predicted octanol–water partition coefficient (Wildman–Crippen LogP) is 1.83. The van der Waals surface area contributed by atoms with Gasteiger partial charge in [0, 0.05) is 39.6 Å². The fourth-order valence-corrected chi connectivity index (χ4v) is 2.73. The highest BCUT2D eigenvalue weighted by atomic mass is 19.1. The molecule has 0 aliphatic rings. The van der Waals surface area contributed by atoms with Gasteiger partial charge in [-0.3, -0.25) is 9.59 Å². The number of carbonyl (C=O) groups is 3. The minimum atomic E-state index is -0.383. The molecule has 0 spiro atoms. The highest BCUT2D eigenvalue weighted by Crippen LogP contribution is 2.04. The number of nitrogens with one attached hydrogen (secondary N) is 3. The van der Waals surface area contributed by atoms with Gasteiger partial charge in [-0.15, -0.1) is 0 Å². The van der Waals surface area contributed by atoms with E-state index in [2.05, 4.69) is 16.0 Å². The van der Waals surface area contributed by atoms with Crippen molar-refractivity contribution in [2.75, 3.05) is 26.7 Å². The lowest BCUT2D eigenvalue weighted by molar-refractivity contribution is -0.122. The summed E-state index contributed by atoms with van der Waals surface area (Å²) in [5.41, 5.74) is 1.61. The largest absolute Gasteiger partial charge is 0.354 e. The van der Waals surface area contributed by atoms with Gasteiger partial charge in [0.25, 0.3) is 0 Å². The van der Waals surface area contributed by atoms with E-state index in [9.17, 15) is 18.8 Å². The highest BCUT2D eigenvalue weighted by Gasteiger charge is 2.09. The van der Waals surface area contributed by atoms with Crippen LogP contribution in [0, 0.1) is 5.82 Å². The third-order valence-corrected chi connectivity index (χ3v) is 4.26. The second-order valence-corrected chi connectivity index (χ2v) is 6.83. The number of benzene rings is 2. The molecule has 0 saturated carbocycles. The van der Waals surface area contributed by atoms with Crippen LogP contribution in [0.25, 0.3) is 0 Å². The summed E-state index contributed by atoms with van der Waals surface area (Å²) < 4.78 is 13.1. The molecule has 0 unspecified atom stereocenters. The molecule has 0 aliphatic heterocycles. The standard InChI is InChI=1S/C22H27FN4O3/c1-27(16-17-6-3-2-4-7-17)22(30)26-11-10-20(28)24-12-13-25-21(29)15-18-8-5-9-19(23)14-18/h2-9,14H,10-13,15-16H2,1H3,(H,24,28)(H,25,29)(H,26,30). The summed E-state index contributed by atoms with van der Waals surface area (Å²) in [6.07, 6.45) is 0.219. The van der Waals surface area contributed by atoms with Gasteiger partial charge < -0.3 is 20.9 Å². The van der Waals surface area contributed by atoms with Crippen LogP contribution in [0.2, 0.25) is 0 Å². The lowest BCUT2D eigenvalue weighted by Gasteiger charge is -2.18. The first-order chi connectivity index (χ1) is 14.4. The van der Waals surface area contributed by atoms with Crippen LogP contribution in [-0.4, -0.2) is 49.4 Å². The van der Waals surface area contributed by atoms with E-state index >= 15 is 0 Å². The molecule has 0 radical (unpaired) electrons. The smallest absolute Gasteiger partial charge is 0.317 e. The van der Waals surface area contributed by atoms with Crippen molar-refractivity contribution in [3.8, 4) is 0 Å². The van der Waals surface area contributed by atoms with Crippen LogP contribution >= 0.6 is 0 Å². The van der Waals surface area contributed by atoms with Crippen LogP contribution < -0.4 is 16.0 Å². The van der Waals surface area contributed by atoms with Crippen LogP contribution in [0.5, 0.6) is 0 Å². The number of urea groups is 1. The zero-order valence-electron chi connectivity index (χ0n) is 17.0. The molecular formula is C22H27FN4O3. The molecule has 0 saturated heterocycles. The van der Waals surface area contributed by atoms with E-state index in [-0.39, 0.29) is 56.1 Å². The van der Waals surface area contributed by atoms with Gasteiger partial charge in [-0.25, -0.2) is 9.18 Å². The van der Waals surface area contributed by atoms with Gasteiger partial charge in [0.2, 0.25) is 11.8 Å². The number of nitrogens with zero attached hydrogens (tertiary/aromatic N) is 1. The fraction of sp³-hybridized carbons (Fsp3) is 0.318. The van der Waals surface area contributed by atoms with Crippen molar-refractivity contribution in [3.05, 3.63) is 71.5 Å². The second kappa shape index (κ2) is 12.2. The van der Waals surface area contributed by atoms with Gasteiger partial charge in [-0.2, -0.15) is 0 Å². The topological polar surface area (TPSA) is 90.5 Å². The van der Waals surface area contributed by atoms with Crippen LogP contribution in [0.3, 0.4) is 0 Å². The number of hydrogen-bond acceptors (Lipinski definition) is 3. The van der Waals surface area contributed by atoms with Gasteiger partial charge in [-0.05, 0) is 23.3 Å². The summed E-state index contributed by atoms with van der Waals surface area (Å²) in [4.78, 5) is 37.2. The van der Waals surface area contributed by atoms with Crippen molar-refractivity contribution in [3.63, 3.8) is 0 Å². The third kappa shape index (κ3) is 8.72. The van der Waals surface area contributed by atoms with Gasteiger partial charge in [-0.1, -0.05) is 42.5 Å². The summed E-state index contributed by atoms with van der Waals surface area (Å²) >= 11 is 0. The fourth-order valence-electron chi connectivity index (χ4n) is 2.73. The summed E-state index contributed by atoms with van der Waals surface area (Å²) in [5.74, 6) is -0.852. The van der Waals surface area contributed by atoms with Gasteiger partial charge in [0.05, 0.1) is 6.42 Å². The molecule has 0 heterocycles. The molecular weight excluding hydrogens is 387 g/mol. The highest BCUT2D eigenvalue weighted by molar-refractivity contribution is 5.79. The van der Waals surface area contributed by atoms with E-state index < -0.39 is 0 Å². The molecule has 7 nitrogen and oxygen atoms in total. The number of hydrogen-bond donors (Lipinski definition) is 3. The van der Waals surface area contributed by atoms with E-state index in [0.717, 1.165) is 5.56 Å². The Morgan fingerprint density at radius 3 is 2.20 bits per heavy atom. The van der Waals surface area contributed by atoms with Crippen LogP contribution in [-0.2, 0) is 22.6 Å². The molecule has 8 heteroatoms. The molecule has 0 fully saturated rings. The van der Waals surface area contributed by atoms with E-state index in [1.807, 2.05) is 30.3 Å². The number of halogens is 1. The molecule has 2 rings (SSSR count). The van der Waals surface area contributed by atoms with Crippen LogP contribution in [0.4, 0.5) is 9.18 Å². The Kier molecular flexibility index (Phi) is 9.30. The van der Waals surface area contributed by atoms with Crippen molar-refractivity contribution < 1.29 is 18.8 Å². The van der Waals surface area contributed by atoms with Crippen molar-refractivity contribution in [2.45, 2.75) is 19.4 Å². The van der Waals surface area contributed by atoms with E-state index in [1.165, 1.54) is 12.1 Å². The predicted molar refractivity (Wildman–Crippen MR) is 112 cm³/mol.